The molecule has 4 nitrogen and oxygen atoms in total. The predicted molar refractivity (Wildman–Crippen MR) is 70.7 cm³/mol. The largest absolute Gasteiger partial charge is 0.370 e. The smallest absolute Gasteiger partial charge is 0.150 e. The molecule has 0 saturated carbocycles. The van der Waals surface area contributed by atoms with E-state index in [1.165, 1.54) is 0 Å². The molecule has 1 aromatic rings. The minimum atomic E-state index is -0.416. The van der Waals surface area contributed by atoms with E-state index in [0.29, 0.717) is 12.1 Å². The lowest BCUT2D eigenvalue weighted by molar-refractivity contribution is -0.116. The van der Waals surface area contributed by atoms with Crippen molar-refractivity contribution in [2.24, 2.45) is 5.92 Å². The molecule has 0 bridgehead atoms. The van der Waals surface area contributed by atoms with Gasteiger partial charge in [-0.05, 0) is 36.1 Å². The number of carbonyl (C=O) groups excluding carboxylic acids is 3. The van der Waals surface area contributed by atoms with Crippen molar-refractivity contribution >= 4 is 24.5 Å². The van der Waals surface area contributed by atoms with E-state index in [0.717, 1.165) is 55.1 Å². The van der Waals surface area contributed by atoms with Crippen LogP contribution in [0.25, 0.3) is 0 Å². The SMILES string of the molecule is O=Cc1cc2c3c(c1)C(C=O)C(C=O)CN3CCC2. The first kappa shape index (κ1) is 12.1. The maximum Gasteiger partial charge on any atom is 0.150 e. The quantitative estimate of drug-likeness (QED) is 0.767. The van der Waals surface area contributed by atoms with Crippen molar-refractivity contribution in [3.05, 3.63) is 28.8 Å². The zero-order chi connectivity index (χ0) is 13.4. The number of carbonyl (C=O) groups is 3. The highest BCUT2D eigenvalue weighted by Gasteiger charge is 2.36. The zero-order valence-corrected chi connectivity index (χ0v) is 10.5. The van der Waals surface area contributed by atoms with Gasteiger partial charge < -0.3 is 14.5 Å². The van der Waals surface area contributed by atoms with Crippen LogP contribution in [0.4, 0.5) is 5.69 Å². The summed E-state index contributed by atoms with van der Waals surface area (Å²) in [7, 11) is 0. The normalized spacial score (nSPS) is 24.5. The summed E-state index contributed by atoms with van der Waals surface area (Å²) >= 11 is 0. The second-order valence-corrected chi connectivity index (χ2v) is 5.25. The summed E-state index contributed by atoms with van der Waals surface area (Å²) < 4.78 is 0. The number of anilines is 1. The Morgan fingerprint density at radius 3 is 2.68 bits per heavy atom. The number of benzene rings is 1. The van der Waals surface area contributed by atoms with Gasteiger partial charge in [-0.1, -0.05) is 0 Å². The van der Waals surface area contributed by atoms with E-state index < -0.39 is 5.92 Å². The molecule has 2 unspecified atom stereocenters. The molecule has 4 heteroatoms. The molecule has 3 rings (SSSR count). The van der Waals surface area contributed by atoms with Gasteiger partial charge in [-0.15, -0.1) is 0 Å². The van der Waals surface area contributed by atoms with Crippen LogP contribution >= 0.6 is 0 Å². The third kappa shape index (κ3) is 1.79. The van der Waals surface area contributed by atoms with Gasteiger partial charge in [-0.25, -0.2) is 0 Å². The maximum atomic E-state index is 11.4. The molecule has 0 fully saturated rings. The highest BCUT2D eigenvalue weighted by molar-refractivity contribution is 5.84. The molecule has 0 spiro atoms. The average Bonchev–Trinajstić information content (AvgIpc) is 2.46. The van der Waals surface area contributed by atoms with Crippen LogP contribution in [0.5, 0.6) is 0 Å². The Balaban J connectivity index is 2.22. The van der Waals surface area contributed by atoms with Crippen LogP contribution in [0.15, 0.2) is 12.1 Å². The molecule has 0 aliphatic carbocycles. The monoisotopic (exact) mass is 257 g/mol. The summed E-state index contributed by atoms with van der Waals surface area (Å²) in [5, 5.41) is 0. The Morgan fingerprint density at radius 1 is 1.16 bits per heavy atom. The van der Waals surface area contributed by atoms with E-state index in [2.05, 4.69) is 4.90 Å². The molecule has 2 aliphatic rings. The van der Waals surface area contributed by atoms with Crippen LogP contribution in [0.1, 0.15) is 33.8 Å². The van der Waals surface area contributed by atoms with Crippen molar-refractivity contribution in [3.63, 3.8) is 0 Å². The standard InChI is InChI=1S/C15H15NO3/c17-7-10-4-11-2-1-3-16-6-12(8-18)14(9-19)13(5-10)15(11)16/h4-5,7-9,12,14H,1-3,6H2. The van der Waals surface area contributed by atoms with Crippen LogP contribution in [-0.2, 0) is 16.0 Å². The van der Waals surface area contributed by atoms with Crippen molar-refractivity contribution < 1.29 is 14.4 Å². The summed E-state index contributed by atoms with van der Waals surface area (Å²) in [6.45, 7) is 1.52. The fourth-order valence-electron chi connectivity index (χ4n) is 3.30. The lowest BCUT2D eigenvalue weighted by Crippen LogP contribution is -2.42. The molecule has 2 atom stereocenters. The number of hydrogen-bond acceptors (Lipinski definition) is 4. The van der Waals surface area contributed by atoms with Crippen molar-refractivity contribution in [3.8, 4) is 0 Å². The lowest BCUT2D eigenvalue weighted by atomic mass is 9.79. The van der Waals surface area contributed by atoms with E-state index in [1.54, 1.807) is 6.07 Å². The number of rotatable bonds is 3. The number of hydrogen-bond donors (Lipinski definition) is 0. The van der Waals surface area contributed by atoms with E-state index in [4.69, 9.17) is 0 Å². The first-order chi connectivity index (χ1) is 9.28. The van der Waals surface area contributed by atoms with Crippen LogP contribution in [0.2, 0.25) is 0 Å². The Bertz CT molecular complexity index is 553. The topological polar surface area (TPSA) is 54.5 Å². The van der Waals surface area contributed by atoms with Gasteiger partial charge in [-0.3, -0.25) is 4.79 Å². The molecule has 1 aromatic carbocycles. The molecule has 0 saturated heterocycles. The van der Waals surface area contributed by atoms with Crippen molar-refractivity contribution in [1.29, 1.82) is 0 Å². The van der Waals surface area contributed by atoms with Crippen molar-refractivity contribution in [1.82, 2.24) is 0 Å². The molecule has 0 N–H and O–H groups in total. The Hall–Kier alpha value is -1.97. The van der Waals surface area contributed by atoms with Gasteiger partial charge in [0.2, 0.25) is 0 Å². The molecule has 19 heavy (non-hydrogen) atoms. The van der Waals surface area contributed by atoms with Crippen LogP contribution in [0, 0.1) is 5.92 Å². The highest BCUT2D eigenvalue weighted by Crippen LogP contribution is 2.42. The van der Waals surface area contributed by atoms with Crippen molar-refractivity contribution in [2.75, 3.05) is 18.0 Å². The van der Waals surface area contributed by atoms with Gasteiger partial charge in [0.25, 0.3) is 0 Å². The minimum Gasteiger partial charge on any atom is -0.370 e. The molecule has 98 valence electrons. The minimum absolute atomic E-state index is 0.308. The number of nitrogens with zero attached hydrogens (tertiary/aromatic N) is 1. The Kier molecular flexibility index (Phi) is 2.93. The summed E-state index contributed by atoms with van der Waals surface area (Å²) in [5.74, 6) is -0.724. The molecule has 2 aliphatic heterocycles. The van der Waals surface area contributed by atoms with Gasteiger partial charge >= 0.3 is 0 Å². The number of aryl methyl sites for hydroxylation is 1. The van der Waals surface area contributed by atoms with Gasteiger partial charge in [-0.2, -0.15) is 0 Å². The molecule has 0 amide bonds. The van der Waals surface area contributed by atoms with E-state index in [1.807, 2.05) is 6.07 Å². The van der Waals surface area contributed by atoms with E-state index >= 15 is 0 Å². The third-order valence-electron chi connectivity index (χ3n) is 4.14. The molecular weight excluding hydrogens is 242 g/mol. The maximum absolute atomic E-state index is 11.4. The summed E-state index contributed by atoms with van der Waals surface area (Å²) in [6.07, 6.45) is 4.46. The summed E-state index contributed by atoms with van der Waals surface area (Å²) in [5.41, 5.74) is 3.64. The fourth-order valence-corrected chi connectivity index (χ4v) is 3.30. The fraction of sp³-hybridized carbons (Fsp3) is 0.400. The van der Waals surface area contributed by atoms with Crippen LogP contribution in [0.3, 0.4) is 0 Å². The highest BCUT2D eigenvalue weighted by atomic mass is 16.1. The Morgan fingerprint density at radius 2 is 2.00 bits per heavy atom. The second kappa shape index (κ2) is 4.61. The van der Waals surface area contributed by atoms with E-state index in [9.17, 15) is 14.4 Å². The van der Waals surface area contributed by atoms with Crippen LogP contribution in [-0.4, -0.2) is 31.9 Å². The first-order valence-electron chi connectivity index (χ1n) is 6.56. The molecule has 0 aromatic heterocycles. The summed E-state index contributed by atoms with van der Waals surface area (Å²) in [6, 6.07) is 3.67. The molecule has 2 heterocycles. The third-order valence-corrected chi connectivity index (χ3v) is 4.14. The Labute approximate surface area is 111 Å². The summed E-state index contributed by atoms with van der Waals surface area (Å²) in [4.78, 5) is 35.8. The molecule has 0 radical (unpaired) electrons. The van der Waals surface area contributed by atoms with Gasteiger partial charge in [0.15, 0.2) is 0 Å². The van der Waals surface area contributed by atoms with Gasteiger partial charge in [0, 0.05) is 30.3 Å². The van der Waals surface area contributed by atoms with E-state index in [-0.39, 0.29) is 5.92 Å². The van der Waals surface area contributed by atoms with Crippen LogP contribution < -0.4 is 4.90 Å². The van der Waals surface area contributed by atoms with Gasteiger partial charge in [0.1, 0.15) is 18.9 Å². The molecular formula is C15H15NO3. The average molecular weight is 257 g/mol. The number of aldehydes is 3. The predicted octanol–water partition coefficient (Wildman–Crippen LogP) is 1.36. The van der Waals surface area contributed by atoms with Crippen molar-refractivity contribution in [2.45, 2.75) is 18.8 Å². The zero-order valence-electron chi connectivity index (χ0n) is 10.5. The second-order valence-electron chi connectivity index (χ2n) is 5.25. The lowest BCUT2D eigenvalue weighted by Gasteiger charge is -2.41. The first-order valence-corrected chi connectivity index (χ1v) is 6.56. The van der Waals surface area contributed by atoms with Gasteiger partial charge in [0.05, 0.1) is 5.92 Å².